The van der Waals surface area contributed by atoms with Crippen LogP contribution >= 0.6 is 11.6 Å². The molecule has 0 fully saturated rings. The van der Waals surface area contributed by atoms with E-state index >= 15 is 0 Å². The van der Waals surface area contributed by atoms with Gasteiger partial charge in [-0.3, -0.25) is 19.6 Å². The van der Waals surface area contributed by atoms with Crippen molar-refractivity contribution in [3.8, 4) is 0 Å². The van der Waals surface area contributed by atoms with Gasteiger partial charge in [-0.05, 0) is 54.4 Å². The van der Waals surface area contributed by atoms with Gasteiger partial charge in [0.15, 0.2) is 0 Å². The summed E-state index contributed by atoms with van der Waals surface area (Å²) in [7, 11) is 0. The minimum absolute atomic E-state index is 0.166. The molecule has 2 aromatic heterocycles. The maximum Gasteiger partial charge on any atom is 0.270 e. The van der Waals surface area contributed by atoms with Crippen molar-refractivity contribution in [2.75, 3.05) is 5.32 Å². The number of nitrogens with zero attached hydrogens (tertiary/aromatic N) is 2. The van der Waals surface area contributed by atoms with Crippen molar-refractivity contribution >= 4 is 29.1 Å². The molecule has 136 valence electrons. The number of hydrogen-bond acceptors (Lipinski definition) is 4. The van der Waals surface area contributed by atoms with Gasteiger partial charge in [0.25, 0.3) is 11.8 Å². The Balaban J connectivity index is 1.69. The topological polar surface area (TPSA) is 84.0 Å². The van der Waals surface area contributed by atoms with Crippen LogP contribution in [0.2, 0.25) is 5.02 Å². The highest BCUT2D eigenvalue weighted by atomic mass is 35.5. The molecule has 0 bridgehead atoms. The monoisotopic (exact) mass is 380 g/mol. The van der Waals surface area contributed by atoms with Gasteiger partial charge in [-0.15, -0.1) is 0 Å². The largest absolute Gasteiger partial charge is 0.347 e. The summed E-state index contributed by atoms with van der Waals surface area (Å²) in [6, 6.07) is 11.9. The van der Waals surface area contributed by atoms with E-state index in [2.05, 4.69) is 20.6 Å². The van der Waals surface area contributed by atoms with Gasteiger partial charge < -0.3 is 10.6 Å². The van der Waals surface area contributed by atoms with Crippen LogP contribution < -0.4 is 10.6 Å². The van der Waals surface area contributed by atoms with Crippen LogP contribution in [0.15, 0.2) is 61.1 Å². The summed E-state index contributed by atoms with van der Waals surface area (Å²) in [4.78, 5) is 32.8. The molecule has 7 heteroatoms. The van der Waals surface area contributed by atoms with Gasteiger partial charge in [-0.2, -0.15) is 0 Å². The average molecular weight is 381 g/mol. The molecule has 0 radical (unpaired) electrons. The van der Waals surface area contributed by atoms with Gasteiger partial charge in [-0.1, -0.05) is 17.7 Å². The first kappa shape index (κ1) is 18.5. The zero-order valence-corrected chi connectivity index (χ0v) is 15.3. The van der Waals surface area contributed by atoms with Crippen LogP contribution in [0.5, 0.6) is 0 Å². The second kappa shape index (κ2) is 8.42. The summed E-state index contributed by atoms with van der Waals surface area (Å²) in [6.45, 7) is 2.22. The van der Waals surface area contributed by atoms with Crippen LogP contribution in [0.4, 0.5) is 5.69 Å². The number of amides is 2. The Kier molecular flexibility index (Phi) is 5.78. The van der Waals surface area contributed by atoms with Crippen molar-refractivity contribution in [2.24, 2.45) is 0 Å². The highest BCUT2D eigenvalue weighted by Gasteiger charge is 2.13. The third kappa shape index (κ3) is 4.89. The van der Waals surface area contributed by atoms with Crippen molar-refractivity contribution in [3.63, 3.8) is 0 Å². The van der Waals surface area contributed by atoms with E-state index in [1.807, 2.05) is 25.1 Å². The molecule has 2 heterocycles. The number of hydrogen-bond donors (Lipinski definition) is 2. The van der Waals surface area contributed by atoms with Crippen molar-refractivity contribution in [2.45, 2.75) is 13.5 Å². The number of anilines is 1. The van der Waals surface area contributed by atoms with Crippen LogP contribution in [-0.4, -0.2) is 21.8 Å². The zero-order valence-electron chi connectivity index (χ0n) is 14.6. The molecule has 2 N–H and O–H groups in total. The second-order valence-electron chi connectivity index (χ2n) is 5.88. The Morgan fingerprint density at radius 3 is 2.56 bits per heavy atom. The molecular weight excluding hydrogens is 364 g/mol. The number of nitrogens with one attached hydrogen (secondary N) is 2. The van der Waals surface area contributed by atoms with Crippen molar-refractivity contribution < 1.29 is 9.59 Å². The number of pyridine rings is 2. The summed E-state index contributed by atoms with van der Waals surface area (Å²) in [5.74, 6) is -0.702. The maximum atomic E-state index is 12.5. The molecule has 0 atom stereocenters. The fourth-order valence-corrected chi connectivity index (χ4v) is 2.56. The smallest absolute Gasteiger partial charge is 0.270 e. The van der Waals surface area contributed by atoms with Crippen molar-refractivity contribution in [1.29, 1.82) is 0 Å². The Hall–Kier alpha value is -3.25. The molecule has 0 aliphatic heterocycles. The predicted molar refractivity (Wildman–Crippen MR) is 104 cm³/mol. The Morgan fingerprint density at radius 1 is 1.00 bits per heavy atom. The molecule has 1 aromatic carbocycles. The molecule has 3 rings (SSSR count). The normalized spacial score (nSPS) is 10.3. The molecule has 0 aliphatic rings. The lowest BCUT2D eigenvalue weighted by molar-refractivity contribution is 0.0946. The molecule has 0 saturated carbocycles. The second-order valence-corrected chi connectivity index (χ2v) is 6.32. The van der Waals surface area contributed by atoms with Crippen molar-refractivity contribution in [1.82, 2.24) is 15.3 Å². The van der Waals surface area contributed by atoms with E-state index in [9.17, 15) is 9.59 Å². The molecule has 6 nitrogen and oxygen atoms in total. The van der Waals surface area contributed by atoms with E-state index in [-0.39, 0.29) is 17.5 Å². The number of carbonyl (C=O) groups is 2. The maximum absolute atomic E-state index is 12.5. The molecule has 0 aliphatic carbocycles. The first-order chi connectivity index (χ1) is 13.0. The number of rotatable bonds is 5. The zero-order chi connectivity index (χ0) is 19.2. The molecule has 2 amide bonds. The van der Waals surface area contributed by atoms with Gasteiger partial charge in [-0.25, -0.2) is 0 Å². The first-order valence-electron chi connectivity index (χ1n) is 8.23. The van der Waals surface area contributed by atoms with Crippen molar-refractivity contribution in [3.05, 3.63) is 88.5 Å². The Labute approximate surface area is 161 Å². The summed E-state index contributed by atoms with van der Waals surface area (Å²) in [6.07, 6.45) is 4.74. The fourth-order valence-electron chi connectivity index (χ4n) is 2.39. The molecule has 0 saturated heterocycles. The highest BCUT2D eigenvalue weighted by molar-refractivity contribution is 6.31. The highest BCUT2D eigenvalue weighted by Crippen LogP contribution is 2.21. The quantitative estimate of drug-likeness (QED) is 0.708. The van der Waals surface area contributed by atoms with Gasteiger partial charge in [0.2, 0.25) is 0 Å². The van der Waals surface area contributed by atoms with E-state index in [1.165, 1.54) is 12.3 Å². The minimum atomic E-state index is -0.361. The summed E-state index contributed by atoms with van der Waals surface area (Å²) in [5.41, 5.74) is 2.92. The van der Waals surface area contributed by atoms with Crippen LogP contribution in [0, 0.1) is 6.92 Å². The number of halogens is 1. The molecule has 3 aromatic rings. The lowest BCUT2D eigenvalue weighted by Gasteiger charge is -2.10. The Bertz CT molecular complexity index is 977. The van der Waals surface area contributed by atoms with Crippen LogP contribution in [0.3, 0.4) is 0 Å². The van der Waals surface area contributed by atoms with E-state index in [4.69, 9.17) is 11.6 Å². The van der Waals surface area contributed by atoms with E-state index in [1.54, 1.807) is 30.6 Å². The predicted octanol–water partition coefficient (Wildman–Crippen LogP) is 3.62. The number of aromatic nitrogens is 2. The van der Waals surface area contributed by atoms with Gasteiger partial charge in [0, 0.05) is 41.4 Å². The summed E-state index contributed by atoms with van der Waals surface area (Å²) >= 11 is 5.98. The molecule has 0 unspecified atom stereocenters. The van der Waals surface area contributed by atoms with Gasteiger partial charge in [0.1, 0.15) is 5.69 Å². The fraction of sp³-hybridized carbons (Fsp3) is 0.100. The SMILES string of the molecule is Cc1ccc(Cl)cc1NC(=O)c1ccnc(C(=O)NCc2ccncc2)c1. The first-order valence-corrected chi connectivity index (χ1v) is 8.61. The Morgan fingerprint density at radius 2 is 1.78 bits per heavy atom. The van der Waals surface area contributed by atoms with Gasteiger partial charge in [0.05, 0.1) is 0 Å². The molecule has 27 heavy (non-hydrogen) atoms. The minimum Gasteiger partial charge on any atom is -0.347 e. The lowest BCUT2D eigenvalue weighted by Crippen LogP contribution is -2.24. The van der Waals surface area contributed by atoms with Gasteiger partial charge >= 0.3 is 0 Å². The third-order valence-corrected chi connectivity index (χ3v) is 4.14. The number of aryl methyl sites for hydroxylation is 1. The van der Waals surface area contributed by atoms with Crippen LogP contribution in [-0.2, 0) is 6.54 Å². The van der Waals surface area contributed by atoms with Crippen LogP contribution in [0.25, 0.3) is 0 Å². The average Bonchev–Trinajstić information content (AvgIpc) is 2.69. The van der Waals surface area contributed by atoms with E-state index < -0.39 is 0 Å². The standard InChI is InChI=1S/C20H17ClN4O2/c1-13-2-3-16(21)11-17(13)25-19(26)15-6-9-23-18(10-15)20(27)24-12-14-4-7-22-8-5-14/h2-11H,12H2,1H3,(H,24,27)(H,25,26). The summed E-state index contributed by atoms with van der Waals surface area (Å²) in [5, 5.41) is 6.10. The van der Waals surface area contributed by atoms with E-state index in [0.29, 0.717) is 22.8 Å². The molecular formula is C20H17ClN4O2. The summed E-state index contributed by atoms with van der Waals surface area (Å²) < 4.78 is 0. The van der Waals surface area contributed by atoms with E-state index in [0.717, 1.165) is 11.1 Å². The number of benzene rings is 1. The molecule has 0 spiro atoms. The van der Waals surface area contributed by atoms with Crippen LogP contribution in [0.1, 0.15) is 32.0 Å². The number of carbonyl (C=O) groups excluding carboxylic acids is 2. The lowest BCUT2D eigenvalue weighted by atomic mass is 10.1. The third-order valence-electron chi connectivity index (χ3n) is 3.91.